The minimum Gasteiger partial charge on any atom is -0.343 e. The molecule has 2 fully saturated rings. The molecule has 0 radical (unpaired) electrons. The first-order valence-electron chi connectivity index (χ1n) is 12.7. The van der Waals surface area contributed by atoms with E-state index in [9.17, 15) is 9.59 Å². The number of tetrazole rings is 1. The number of nitrogens with one attached hydrogen (secondary N) is 2. The van der Waals surface area contributed by atoms with Gasteiger partial charge in [0.15, 0.2) is 5.82 Å². The molecule has 1 saturated heterocycles. The Labute approximate surface area is 201 Å². The van der Waals surface area contributed by atoms with Gasteiger partial charge < -0.3 is 15.5 Å². The maximum atomic E-state index is 13.9. The summed E-state index contributed by atoms with van der Waals surface area (Å²) in [6, 6.07) is 9.01. The highest BCUT2D eigenvalue weighted by Crippen LogP contribution is 2.33. The summed E-state index contributed by atoms with van der Waals surface area (Å²) in [5.74, 6) is 0.643. The van der Waals surface area contributed by atoms with Gasteiger partial charge >= 0.3 is 0 Å². The van der Waals surface area contributed by atoms with Gasteiger partial charge in [-0.2, -0.15) is 4.80 Å². The van der Waals surface area contributed by atoms with Crippen molar-refractivity contribution in [3.8, 4) is 0 Å². The first-order chi connectivity index (χ1) is 16.6. The molecule has 9 nitrogen and oxygen atoms in total. The molecular formula is C25H37N7O2. The Morgan fingerprint density at radius 1 is 1.09 bits per heavy atom. The fourth-order valence-corrected chi connectivity index (χ4v) is 5.30. The zero-order chi connectivity index (χ0) is 23.9. The molecule has 0 spiro atoms. The molecule has 4 rings (SSSR count). The Morgan fingerprint density at radius 3 is 2.56 bits per heavy atom. The topological polar surface area (TPSA) is 105 Å². The molecule has 2 heterocycles. The van der Waals surface area contributed by atoms with E-state index in [0.29, 0.717) is 25.3 Å². The lowest BCUT2D eigenvalue weighted by Crippen LogP contribution is -2.56. The van der Waals surface area contributed by atoms with Gasteiger partial charge in [-0.1, -0.05) is 56.5 Å². The van der Waals surface area contributed by atoms with Crippen molar-refractivity contribution in [1.29, 1.82) is 0 Å². The van der Waals surface area contributed by atoms with Crippen LogP contribution in [-0.2, 0) is 16.1 Å². The number of carbonyl (C=O) groups is 2. The highest BCUT2D eigenvalue weighted by atomic mass is 16.2. The van der Waals surface area contributed by atoms with E-state index >= 15 is 0 Å². The molecule has 2 aliphatic rings. The van der Waals surface area contributed by atoms with E-state index in [-0.39, 0.29) is 29.8 Å². The van der Waals surface area contributed by atoms with Gasteiger partial charge in [-0.3, -0.25) is 9.59 Å². The molecule has 2 N–H and O–H groups in total. The van der Waals surface area contributed by atoms with Crippen LogP contribution in [0.3, 0.4) is 0 Å². The summed E-state index contributed by atoms with van der Waals surface area (Å²) < 4.78 is 0. The Hall–Kier alpha value is -2.81. The minimum atomic E-state index is -0.504. The van der Waals surface area contributed by atoms with E-state index in [1.165, 1.54) is 6.42 Å². The van der Waals surface area contributed by atoms with Crippen molar-refractivity contribution >= 4 is 11.8 Å². The van der Waals surface area contributed by atoms with Gasteiger partial charge in [0.2, 0.25) is 11.8 Å². The number of likely N-dealkylation sites (tertiary alicyclic amines) is 1. The van der Waals surface area contributed by atoms with Gasteiger partial charge in [0.25, 0.3) is 0 Å². The normalized spacial score (nSPS) is 20.8. The monoisotopic (exact) mass is 467 g/mol. The molecule has 0 bridgehead atoms. The average molecular weight is 468 g/mol. The van der Waals surface area contributed by atoms with Crippen molar-refractivity contribution in [3.05, 3.63) is 41.7 Å². The third-order valence-electron chi connectivity index (χ3n) is 7.23. The second kappa shape index (κ2) is 11.6. The van der Waals surface area contributed by atoms with Crippen LogP contribution < -0.4 is 10.6 Å². The summed E-state index contributed by atoms with van der Waals surface area (Å²) in [4.78, 5) is 30.3. The first-order valence-corrected chi connectivity index (χ1v) is 12.7. The zero-order valence-corrected chi connectivity index (χ0v) is 20.3. The number of amides is 2. The second-order valence-corrected chi connectivity index (χ2v) is 9.49. The molecule has 184 valence electrons. The van der Waals surface area contributed by atoms with Crippen LogP contribution in [0.25, 0.3) is 0 Å². The number of hydrogen-bond acceptors (Lipinski definition) is 6. The molecular weight excluding hydrogens is 430 g/mol. The van der Waals surface area contributed by atoms with Crippen molar-refractivity contribution in [3.63, 3.8) is 0 Å². The van der Waals surface area contributed by atoms with Crippen LogP contribution in [0.2, 0.25) is 0 Å². The Balaban J connectivity index is 1.50. The number of nitrogens with zero attached hydrogens (tertiary/aromatic N) is 5. The molecule has 1 aliphatic heterocycles. The number of rotatable bonds is 9. The summed E-state index contributed by atoms with van der Waals surface area (Å²) in [7, 11) is 1.78. The number of benzene rings is 1. The molecule has 1 aromatic carbocycles. The van der Waals surface area contributed by atoms with Crippen LogP contribution >= 0.6 is 0 Å². The van der Waals surface area contributed by atoms with Crippen molar-refractivity contribution < 1.29 is 9.59 Å². The largest absolute Gasteiger partial charge is 0.343 e. The van der Waals surface area contributed by atoms with Crippen molar-refractivity contribution in [1.82, 2.24) is 35.7 Å². The smallest absolute Gasteiger partial charge is 0.246 e. The van der Waals surface area contributed by atoms with Crippen LogP contribution in [0.4, 0.5) is 0 Å². The van der Waals surface area contributed by atoms with Crippen LogP contribution in [0.1, 0.15) is 75.7 Å². The fourth-order valence-electron chi connectivity index (χ4n) is 5.30. The molecule has 3 atom stereocenters. The van der Waals surface area contributed by atoms with Crippen LogP contribution in [0.5, 0.6) is 0 Å². The van der Waals surface area contributed by atoms with E-state index < -0.39 is 6.04 Å². The van der Waals surface area contributed by atoms with Gasteiger partial charge in [-0.15, -0.1) is 10.2 Å². The lowest BCUT2D eigenvalue weighted by molar-refractivity contribution is -0.139. The summed E-state index contributed by atoms with van der Waals surface area (Å²) in [5.41, 5.74) is 1.10. The zero-order valence-electron chi connectivity index (χ0n) is 20.3. The van der Waals surface area contributed by atoms with Gasteiger partial charge in [0.1, 0.15) is 6.04 Å². The second-order valence-electron chi connectivity index (χ2n) is 9.49. The summed E-state index contributed by atoms with van der Waals surface area (Å²) in [5, 5.41) is 19.3. The quantitative estimate of drug-likeness (QED) is 0.587. The standard InChI is InChI=1S/C25H37N7O2/c1-3-20(26-2)24(33)27-22(19-13-8-5-9-14-19)25(34)31-16-10-15-21(31)23-28-30-32(29-23)17-18-11-6-4-7-12-18/h4,6-7,11-12,19-22,26H,3,5,8-10,13-17H2,1-2H3,(H,27,33)/t20-,21-,22?/m0/s1. The predicted molar refractivity (Wildman–Crippen MR) is 129 cm³/mol. The van der Waals surface area contributed by atoms with Gasteiger partial charge in [-0.25, -0.2) is 0 Å². The number of hydrogen-bond donors (Lipinski definition) is 2. The van der Waals surface area contributed by atoms with Crippen molar-refractivity contribution in [2.24, 2.45) is 5.92 Å². The molecule has 2 amide bonds. The molecule has 2 aromatic rings. The maximum Gasteiger partial charge on any atom is 0.246 e. The number of likely N-dealkylation sites (N-methyl/N-ethyl adjacent to an activating group) is 1. The van der Waals surface area contributed by atoms with Crippen molar-refractivity contribution in [2.75, 3.05) is 13.6 Å². The lowest BCUT2D eigenvalue weighted by Gasteiger charge is -2.35. The van der Waals surface area contributed by atoms with Gasteiger partial charge in [-0.05, 0) is 55.8 Å². The molecule has 9 heteroatoms. The average Bonchev–Trinajstić information content (AvgIpc) is 3.54. The molecule has 1 aromatic heterocycles. The van der Waals surface area contributed by atoms with Crippen LogP contribution in [0, 0.1) is 5.92 Å². The Kier molecular flexibility index (Phi) is 8.26. The fraction of sp³-hybridized carbons (Fsp3) is 0.640. The van der Waals surface area contributed by atoms with Crippen molar-refractivity contribution in [2.45, 2.75) is 83.0 Å². The van der Waals surface area contributed by atoms with E-state index in [1.807, 2.05) is 42.2 Å². The van der Waals surface area contributed by atoms with E-state index in [0.717, 1.165) is 44.1 Å². The van der Waals surface area contributed by atoms with Crippen LogP contribution in [0.15, 0.2) is 30.3 Å². The highest BCUT2D eigenvalue weighted by molar-refractivity contribution is 5.90. The lowest BCUT2D eigenvalue weighted by atomic mass is 9.83. The van der Waals surface area contributed by atoms with E-state index in [1.54, 1.807) is 11.8 Å². The molecule has 1 aliphatic carbocycles. The molecule has 34 heavy (non-hydrogen) atoms. The predicted octanol–water partition coefficient (Wildman–Crippen LogP) is 2.45. The van der Waals surface area contributed by atoms with Crippen LogP contribution in [-0.4, -0.2) is 62.6 Å². The summed E-state index contributed by atoms with van der Waals surface area (Å²) in [6.45, 7) is 3.16. The minimum absolute atomic E-state index is 0.00637. The third kappa shape index (κ3) is 5.63. The third-order valence-corrected chi connectivity index (χ3v) is 7.23. The Morgan fingerprint density at radius 2 is 1.85 bits per heavy atom. The molecule has 1 saturated carbocycles. The summed E-state index contributed by atoms with van der Waals surface area (Å²) in [6.07, 6.45) is 7.72. The SMILES string of the molecule is CC[C@H](NC)C(=O)NC(C(=O)N1CCC[C@H]1c1nnn(Cc2ccccc2)n1)C1CCCCC1. The van der Waals surface area contributed by atoms with E-state index in [4.69, 9.17) is 0 Å². The maximum absolute atomic E-state index is 13.9. The Bertz CT molecular complexity index is 938. The van der Waals surface area contributed by atoms with Gasteiger partial charge in [0.05, 0.1) is 18.6 Å². The highest BCUT2D eigenvalue weighted by Gasteiger charge is 2.40. The summed E-state index contributed by atoms with van der Waals surface area (Å²) >= 11 is 0. The first kappa shape index (κ1) is 24.3. The molecule has 1 unspecified atom stereocenters. The number of carbonyl (C=O) groups excluding carboxylic acids is 2. The van der Waals surface area contributed by atoms with E-state index in [2.05, 4.69) is 26.0 Å². The number of aromatic nitrogens is 4. The van der Waals surface area contributed by atoms with Gasteiger partial charge in [0, 0.05) is 6.54 Å².